The lowest BCUT2D eigenvalue weighted by atomic mass is 10.1. The molecule has 1 saturated carbocycles. The highest BCUT2D eigenvalue weighted by atomic mass is 19.1. The molecule has 0 radical (unpaired) electrons. The van der Waals surface area contributed by atoms with Crippen molar-refractivity contribution in [1.29, 1.82) is 0 Å². The fourth-order valence-electron chi connectivity index (χ4n) is 2.09. The van der Waals surface area contributed by atoms with Crippen molar-refractivity contribution in [1.82, 2.24) is 5.32 Å². The van der Waals surface area contributed by atoms with Crippen LogP contribution in [0.25, 0.3) is 0 Å². The molecule has 2 N–H and O–H groups in total. The van der Waals surface area contributed by atoms with Gasteiger partial charge < -0.3 is 15.2 Å². The van der Waals surface area contributed by atoms with Crippen molar-refractivity contribution in [2.75, 3.05) is 26.8 Å². The van der Waals surface area contributed by atoms with Crippen molar-refractivity contribution in [3.63, 3.8) is 0 Å². The molecular formula is C14H20FNO2. The van der Waals surface area contributed by atoms with Crippen LogP contribution in [0.5, 0.6) is 5.75 Å². The van der Waals surface area contributed by atoms with Crippen LogP contribution in [-0.2, 0) is 6.42 Å². The second-order valence-corrected chi connectivity index (χ2v) is 5.04. The summed E-state index contributed by atoms with van der Waals surface area (Å²) in [4.78, 5) is 0. The Morgan fingerprint density at radius 1 is 1.44 bits per heavy atom. The minimum absolute atomic E-state index is 0.117. The van der Waals surface area contributed by atoms with Crippen LogP contribution in [0, 0.1) is 11.2 Å². The van der Waals surface area contributed by atoms with Crippen molar-refractivity contribution >= 4 is 0 Å². The molecule has 0 amide bonds. The van der Waals surface area contributed by atoms with E-state index in [1.54, 1.807) is 13.2 Å². The van der Waals surface area contributed by atoms with E-state index in [0.29, 0.717) is 0 Å². The quantitative estimate of drug-likeness (QED) is 0.727. The first-order valence-corrected chi connectivity index (χ1v) is 6.33. The van der Waals surface area contributed by atoms with Crippen LogP contribution in [0.15, 0.2) is 18.2 Å². The molecule has 1 aromatic carbocycles. The molecule has 0 heterocycles. The van der Waals surface area contributed by atoms with Crippen LogP contribution in [0.4, 0.5) is 4.39 Å². The summed E-state index contributed by atoms with van der Waals surface area (Å²) < 4.78 is 18.3. The SMILES string of the molecule is COc1ccc(F)cc1CCNCC1(CO)CC1. The molecule has 0 saturated heterocycles. The predicted octanol–water partition coefficient (Wildman–Crippen LogP) is 1.74. The van der Waals surface area contributed by atoms with Gasteiger partial charge in [0.1, 0.15) is 11.6 Å². The highest BCUT2D eigenvalue weighted by Gasteiger charge is 2.41. The van der Waals surface area contributed by atoms with E-state index in [1.807, 2.05) is 0 Å². The molecule has 1 fully saturated rings. The number of aliphatic hydroxyl groups excluding tert-OH is 1. The minimum atomic E-state index is -0.236. The number of rotatable bonds is 7. The van der Waals surface area contributed by atoms with Crippen molar-refractivity contribution < 1.29 is 14.2 Å². The van der Waals surface area contributed by atoms with Crippen LogP contribution in [0.2, 0.25) is 0 Å². The maximum atomic E-state index is 13.1. The molecule has 3 nitrogen and oxygen atoms in total. The van der Waals surface area contributed by atoms with E-state index in [1.165, 1.54) is 12.1 Å². The average Bonchev–Trinajstić information content (AvgIpc) is 3.16. The second-order valence-electron chi connectivity index (χ2n) is 5.04. The Bertz CT molecular complexity index is 405. The third-order valence-electron chi connectivity index (χ3n) is 3.61. The molecular weight excluding hydrogens is 233 g/mol. The zero-order chi connectivity index (χ0) is 13.0. The number of methoxy groups -OCH3 is 1. The van der Waals surface area contributed by atoms with Crippen LogP contribution in [-0.4, -0.2) is 31.9 Å². The van der Waals surface area contributed by atoms with E-state index in [2.05, 4.69) is 5.32 Å². The smallest absolute Gasteiger partial charge is 0.123 e. The first kappa shape index (κ1) is 13.3. The van der Waals surface area contributed by atoms with Gasteiger partial charge in [0, 0.05) is 18.6 Å². The Hall–Kier alpha value is -1.13. The third-order valence-corrected chi connectivity index (χ3v) is 3.61. The van der Waals surface area contributed by atoms with E-state index in [9.17, 15) is 9.50 Å². The summed E-state index contributed by atoms with van der Waals surface area (Å²) in [6.07, 6.45) is 2.92. The van der Waals surface area contributed by atoms with E-state index < -0.39 is 0 Å². The highest BCUT2D eigenvalue weighted by Crippen LogP contribution is 2.44. The van der Waals surface area contributed by atoms with Crippen molar-refractivity contribution in [3.8, 4) is 5.75 Å². The maximum Gasteiger partial charge on any atom is 0.123 e. The maximum absolute atomic E-state index is 13.1. The number of hydrogen-bond donors (Lipinski definition) is 2. The fourth-order valence-corrected chi connectivity index (χ4v) is 2.09. The Labute approximate surface area is 107 Å². The average molecular weight is 253 g/mol. The van der Waals surface area contributed by atoms with Crippen molar-refractivity contribution in [2.45, 2.75) is 19.3 Å². The van der Waals surface area contributed by atoms with E-state index in [4.69, 9.17) is 4.74 Å². The van der Waals surface area contributed by atoms with Gasteiger partial charge >= 0.3 is 0 Å². The van der Waals surface area contributed by atoms with Crippen LogP contribution < -0.4 is 10.1 Å². The lowest BCUT2D eigenvalue weighted by Crippen LogP contribution is -2.28. The van der Waals surface area contributed by atoms with Crippen LogP contribution in [0.1, 0.15) is 18.4 Å². The molecule has 0 atom stereocenters. The van der Waals surface area contributed by atoms with Gasteiger partial charge in [-0.2, -0.15) is 0 Å². The summed E-state index contributed by atoms with van der Waals surface area (Å²) in [5.41, 5.74) is 0.991. The first-order valence-electron chi connectivity index (χ1n) is 6.33. The number of hydrogen-bond acceptors (Lipinski definition) is 3. The Balaban J connectivity index is 1.80. The van der Waals surface area contributed by atoms with Gasteiger partial charge in [0.05, 0.1) is 7.11 Å². The summed E-state index contributed by atoms with van der Waals surface area (Å²) in [5.74, 6) is 0.487. The number of ether oxygens (including phenoxy) is 1. The zero-order valence-electron chi connectivity index (χ0n) is 10.7. The molecule has 0 spiro atoms. The minimum Gasteiger partial charge on any atom is -0.496 e. The highest BCUT2D eigenvalue weighted by molar-refractivity contribution is 5.34. The normalized spacial score (nSPS) is 16.6. The summed E-state index contributed by atoms with van der Waals surface area (Å²) in [6, 6.07) is 4.57. The summed E-state index contributed by atoms with van der Waals surface area (Å²) in [6.45, 7) is 1.85. The Morgan fingerprint density at radius 2 is 2.22 bits per heavy atom. The van der Waals surface area contributed by atoms with E-state index in [0.717, 1.165) is 43.7 Å². The zero-order valence-corrected chi connectivity index (χ0v) is 10.7. The van der Waals surface area contributed by atoms with Crippen molar-refractivity contribution in [3.05, 3.63) is 29.6 Å². The topological polar surface area (TPSA) is 41.5 Å². The van der Waals surface area contributed by atoms with Gasteiger partial charge in [-0.3, -0.25) is 0 Å². The standard InChI is InChI=1S/C14H20FNO2/c1-18-13-3-2-12(15)8-11(13)4-7-16-9-14(10-17)5-6-14/h2-3,8,16-17H,4-7,9-10H2,1H3. The molecule has 2 rings (SSSR count). The summed E-state index contributed by atoms with van der Waals surface area (Å²) in [7, 11) is 1.59. The van der Waals surface area contributed by atoms with Gasteiger partial charge in [-0.05, 0) is 49.6 Å². The fraction of sp³-hybridized carbons (Fsp3) is 0.571. The molecule has 0 aliphatic heterocycles. The van der Waals surface area contributed by atoms with Gasteiger partial charge in [0.15, 0.2) is 0 Å². The molecule has 0 unspecified atom stereocenters. The van der Waals surface area contributed by atoms with E-state index >= 15 is 0 Å². The summed E-state index contributed by atoms with van der Waals surface area (Å²) >= 11 is 0. The molecule has 0 bridgehead atoms. The molecule has 100 valence electrons. The number of halogens is 1. The van der Waals surface area contributed by atoms with Crippen molar-refractivity contribution in [2.24, 2.45) is 5.41 Å². The molecule has 4 heteroatoms. The van der Waals surface area contributed by atoms with Crippen LogP contribution in [0.3, 0.4) is 0 Å². The number of benzene rings is 1. The second kappa shape index (κ2) is 5.67. The summed E-state index contributed by atoms with van der Waals surface area (Å²) in [5, 5.41) is 12.5. The molecule has 18 heavy (non-hydrogen) atoms. The van der Waals surface area contributed by atoms with Gasteiger partial charge in [-0.25, -0.2) is 4.39 Å². The molecule has 0 aromatic heterocycles. The van der Waals surface area contributed by atoms with Gasteiger partial charge in [-0.1, -0.05) is 0 Å². The molecule has 1 aromatic rings. The first-order chi connectivity index (χ1) is 8.69. The molecule has 1 aliphatic carbocycles. The van der Waals surface area contributed by atoms with Gasteiger partial charge in [-0.15, -0.1) is 0 Å². The molecule has 1 aliphatic rings. The number of aliphatic hydroxyl groups is 1. The van der Waals surface area contributed by atoms with E-state index in [-0.39, 0.29) is 17.8 Å². The Morgan fingerprint density at radius 3 is 2.83 bits per heavy atom. The van der Waals surface area contributed by atoms with Gasteiger partial charge in [0.2, 0.25) is 0 Å². The third kappa shape index (κ3) is 3.21. The lowest BCUT2D eigenvalue weighted by molar-refractivity contribution is 0.208. The van der Waals surface area contributed by atoms with Crippen LogP contribution >= 0.6 is 0 Å². The predicted molar refractivity (Wildman–Crippen MR) is 68.3 cm³/mol. The number of nitrogens with one attached hydrogen (secondary N) is 1. The monoisotopic (exact) mass is 253 g/mol. The largest absolute Gasteiger partial charge is 0.496 e. The Kier molecular flexibility index (Phi) is 4.19. The lowest BCUT2D eigenvalue weighted by Gasteiger charge is -2.13. The van der Waals surface area contributed by atoms with Gasteiger partial charge in [0.25, 0.3) is 0 Å².